The molecule has 444 valence electrons. The molecule has 0 aliphatic heterocycles. The maximum atomic E-state index is 12.5. The van der Waals surface area contributed by atoms with E-state index in [0.29, 0.717) is 21.5 Å². The molecule has 8 aromatic rings. The fraction of sp³-hybridized carbons (Fsp3) is 0.222. The zero-order valence-electron chi connectivity index (χ0n) is 42.8. The lowest BCUT2D eigenvalue weighted by atomic mass is 10.1. The Balaban J connectivity index is 0.00000133. The third-order valence-electron chi connectivity index (χ3n) is 11.3. The highest BCUT2D eigenvalue weighted by atomic mass is 32.2. The lowest BCUT2D eigenvalue weighted by Crippen LogP contribution is -2.08. The number of nitrogens with zero attached hydrogens (tertiary/aromatic N) is 10. The first-order chi connectivity index (χ1) is 39.2. The number of nitriles is 1. The number of azo groups is 3. The van der Waals surface area contributed by atoms with Crippen LogP contribution in [0.3, 0.4) is 0 Å². The Bertz CT molecular complexity index is 4780. The smallest absolute Gasteiger partial charge is 0.425 e. The van der Waals surface area contributed by atoms with Crippen molar-refractivity contribution in [1.29, 1.82) is 5.26 Å². The second kappa shape index (κ2) is 26.9. The van der Waals surface area contributed by atoms with Crippen LogP contribution in [0.2, 0.25) is 0 Å². The summed E-state index contributed by atoms with van der Waals surface area (Å²) < 4.78 is 192. The van der Waals surface area contributed by atoms with Crippen LogP contribution < -0.4 is 4.74 Å². The molecule has 0 aliphatic carbocycles. The molecule has 0 saturated carbocycles. The molecule has 39 heteroatoms. The molecule has 0 radical (unpaired) electrons. The molecule has 0 bridgehead atoms. The van der Waals surface area contributed by atoms with Gasteiger partial charge >= 0.3 is 21.2 Å². The van der Waals surface area contributed by atoms with Crippen molar-refractivity contribution in [2.45, 2.75) is 54.9 Å². The fourth-order valence-corrected chi connectivity index (χ4v) is 11.9. The van der Waals surface area contributed by atoms with Gasteiger partial charge in [0.1, 0.15) is 33.5 Å². The highest BCUT2D eigenvalue weighted by molar-refractivity contribution is 7.99. The van der Waals surface area contributed by atoms with Gasteiger partial charge in [0, 0.05) is 27.5 Å². The Morgan fingerprint density at radius 1 is 0.714 bits per heavy atom. The SMILES string of the molecule is Cc1ccc2c(c1)nc1c(C#N)c(C)c(N=Nc3cc(C)c(N=Nc4cc(CO)c(N=Nc5nc6c(S(=O)(=O)O)cc7ccc(S(=O)(=O)O)cc7c6s5)cc4SCCCS(=O)(=O)O)cc3OCCCS(=O)(=O)O)c(O)n12.O=S(=O)=O.O=S(=O)=O. The Labute approximate surface area is 486 Å². The topological polar surface area (TPSA) is 498 Å². The van der Waals surface area contributed by atoms with Crippen molar-refractivity contribution < 1.29 is 92.1 Å². The van der Waals surface area contributed by atoms with E-state index in [2.05, 4.69) is 46.7 Å². The monoisotopic (exact) mass is 1310 g/mol. The zero-order chi connectivity index (χ0) is 62.2. The number of pyridine rings is 1. The molecule has 84 heavy (non-hydrogen) atoms. The van der Waals surface area contributed by atoms with E-state index in [0.717, 1.165) is 46.9 Å². The van der Waals surface area contributed by atoms with Crippen molar-refractivity contribution in [3.8, 4) is 17.7 Å². The van der Waals surface area contributed by atoms with Crippen molar-refractivity contribution in [3.05, 3.63) is 94.5 Å². The van der Waals surface area contributed by atoms with Gasteiger partial charge in [-0.15, -0.1) is 62.6 Å². The van der Waals surface area contributed by atoms with Gasteiger partial charge in [0.05, 0.1) is 62.4 Å². The molecule has 0 atom stereocenters. The summed E-state index contributed by atoms with van der Waals surface area (Å²) in [4.78, 5) is 7.99. The number of aliphatic hydroxyl groups is 1. The van der Waals surface area contributed by atoms with E-state index >= 15 is 0 Å². The van der Waals surface area contributed by atoms with Gasteiger partial charge in [-0.1, -0.05) is 23.5 Å². The van der Waals surface area contributed by atoms with E-state index in [1.807, 2.05) is 13.0 Å². The molecular weight excluding hydrogens is 1270 g/mol. The predicted molar refractivity (Wildman–Crippen MR) is 299 cm³/mol. The maximum Gasteiger partial charge on any atom is 0.425 e. The summed E-state index contributed by atoms with van der Waals surface area (Å²) in [6, 6.07) is 17.7. The van der Waals surface area contributed by atoms with Crippen molar-refractivity contribution in [3.63, 3.8) is 0 Å². The second-order valence-electron chi connectivity index (χ2n) is 17.1. The van der Waals surface area contributed by atoms with Crippen LogP contribution in [0.4, 0.5) is 33.6 Å². The molecule has 31 nitrogen and oxygen atoms in total. The van der Waals surface area contributed by atoms with Gasteiger partial charge in [0.15, 0.2) is 11.3 Å². The van der Waals surface area contributed by atoms with Crippen LogP contribution in [-0.2, 0) is 68.3 Å². The largest absolute Gasteiger partial charge is 0.493 e. The summed E-state index contributed by atoms with van der Waals surface area (Å²) in [5.41, 5.74) is 3.11. The summed E-state index contributed by atoms with van der Waals surface area (Å²) in [7, 11) is -24.5. The molecule has 8 rings (SSSR count). The molecule has 6 N–H and O–H groups in total. The van der Waals surface area contributed by atoms with E-state index in [4.69, 9.17) is 30.0 Å². The minimum atomic E-state index is -4.90. The van der Waals surface area contributed by atoms with Crippen LogP contribution in [0.25, 0.3) is 37.7 Å². The number of aromatic hydroxyl groups is 1. The number of benzene rings is 5. The highest BCUT2D eigenvalue weighted by Gasteiger charge is 2.24. The summed E-state index contributed by atoms with van der Waals surface area (Å²) in [6.45, 7) is 4.18. The number of ether oxygens (including phenoxy) is 1. The molecule has 0 saturated heterocycles. The van der Waals surface area contributed by atoms with Crippen LogP contribution >= 0.6 is 23.1 Å². The first-order valence-corrected chi connectivity index (χ1v) is 32.8. The Morgan fingerprint density at radius 2 is 1.35 bits per heavy atom. The summed E-state index contributed by atoms with van der Waals surface area (Å²) in [6.07, 6.45) is -0.177. The number of imidazole rings is 1. The van der Waals surface area contributed by atoms with Crippen LogP contribution in [0, 0.1) is 32.1 Å². The van der Waals surface area contributed by atoms with Gasteiger partial charge in [-0.25, -0.2) is 9.97 Å². The molecule has 3 heterocycles. The summed E-state index contributed by atoms with van der Waals surface area (Å²) in [5, 5.41) is 58.5. The van der Waals surface area contributed by atoms with Crippen molar-refractivity contribution in [2.24, 2.45) is 30.7 Å². The Kier molecular flexibility index (Phi) is 20.9. The minimum absolute atomic E-state index is 0.00189. The van der Waals surface area contributed by atoms with Gasteiger partial charge in [-0.3, -0.25) is 22.6 Å². The van der Waals surface area contributed by atoms with E-state index in [-0.39, 0.29) is 114 Å². The normalized spacial score (nSPS) is 12.3. The third-order valence-corrected chi connectivity index (χ3v) is 16.7. The molecule has 0 unspecified atom stereocenters. The van der Waals surface area contributed by atoms with E-state index in [1.165, 1.54) is 34.7 Å². The van der Waals surface area contributed by atoms with E-state index in [1.54, 1.807) is 26.0 Å². The number of aromatic nitrogens is 3. The summed E-state index contributed by atoms with van der Waals surface area (Å²) >= 11 is 1.84. The molecule has 5 aromatic carbocycles. The van der Waals surface area contributed by atoms with Crippen LogP contribution in [0.1, 0.15) is 40.7 Å². The summed E-state index contributed by atoms with van der Waals surface area (Å²) in [5.74, 6) is -1.48. The van der Waals surface area contributed by atoms with Gasteiger partial charge in [0.2, 0.25) is 11.0 Å². The minimum Gasteiger partial charge on any atom is -0.493 e. The Morgan fingerprint density at radius 3 is 1.96 bits per heavy atom. The number of thioether (sulfide) groups is 1. The molecule has 0 fully saturated rings. The highest BCUT2D eigenvalue weighted by Crippen LogP contribution is 2.44. The van der Waals surface area contributed by atoms with Crippen LogP contribution in [-0.4, -0.2) is 126 Å². The lowest BCUT2D eigenvalue weighted by molar-refractivity contribution is 0.282. The maximum absolute atomic E-state index is 12.5. The first-order valence-electron chi connectivity index (χ1n) is 22.9. The van der Waals surface area contributed by atoms with Gasteiger partial charge in [0.25, 0.3) is 40.5 Å². The zero-order valence-corrected chi connectivity index (χ0v) is 49.4. The fourth-order valence-electron chi connectivity index (χ4n) is 7.64. The number of thiazole rings is 1. The second-order valence-corrected chi connectivity index (χ2v) is 26.0. The first kappa shape index (κ1) is 65.4. The quantitative estimate of drug-likeness (QED) is 0.0193. The van der Waals surface area contributed by atoms with Gasteiger partial charge in [-0.05, 0) is 104 Å². The molecule has 3 aromatic heterocycles. The van der Waals surface area contributed by atoms with Crippen LogP contribution in [0.15, 0.2) is 112 Å². The lowest BCUT2D eigenvalue weighted by Gasteiger charge is -2.12. The molecule has 0 amide bonds. The number of rotatable bonds is 19. The van der Waals surface area contributed by atoms with E-state index in [9.17, 15) is 67.4 Å². The number of aliphatic hydroxyl groups excluding tert-OH is 1. The van der Waals surface area contributed by atoms with Crippen molar-refractivity contribution in [2.75, 3.05) is 23.9 Å². The molecule has 0 aliphatic rings. The number of aryl methyl sites for hydroxylation is 2. The van der Waals surface area contributed by atoms with Gasteiger partial charge < -0.3 is 14.9 Å². The Hall–Kier alpha value is -7.72. The standard InChI is InChI=1S/C45H40N10O15S6.2O3S/c1-23-6-9-36-33(14-23)47-43-30(21-46)25(3)40(44(57)55(36)43)53-51-34-15-24(2)31(19-37(34)70-10-4-12-73(58,59)60)49-52-35-16-27(22-56)32(20-38(35)71-11-5-13-74(61,62)63)50-54-45-48-41-39(76(67,68)69)17-26-7-8-28(75(64,65)66)18-29(26)42(41)72-45;2*1-4(2)3/h6-9,14-20,56-57H,4-5,10-13,22H2,1-3H3,(H,58,59,60)(H,61,62,63)(H,64,65,66)(H,67,68,69);;. The van der Waals surface area contributed by atoms with Gasteiger partial charge in [-0.2, -0.15) is 44.0 Å². The number of hydrogen-bond donors (Lipinski definition) is 6. The average molecular weight is 1310 g/mol. The third kappa shape index (κ3) is 17.0. The number of fused-ring (bicyclic) bond motifs is 6. The molecule has 0 spiro atoms. The number of hydrogen-bond acceptors (Lipinski definition) is 28. The predicted octanol–water partition coefficient (Wildman–Crippen LogP) is 8.00. The van der Waals surface area contributed by atoms with E-state index < -0.39 is 89.6 Å². The van der Waals surface area contributed by atoms with Crippen molar-refractivity contribution >= 4 is 156 Å². The molecular formula is C45H40N10O21S8. The van der Waals surface area contributed by atoms with Crippen molar-refractivity contribution in [1.82, 2.24) is 14.4 Å². The average Bonchev–Trinajstić information content (AvgIpc) is 1.71. The van der Waals surface area contributed by atoms with Crippen LogP contribution in [0.5, 0.6) is 11.6 Å².